The molecule has 122 valence electrons. The van der Waals surface area contributed by atoms with Crippen LogP contribution in [0.4, 0.5) is 11.7 Å². The summed E-state index contributed by atoms with van der Waals surface area (Å²) < 4.78 is 5.48. The van der Waals surface area contributed by atoms with Crippen molar-refractivity contribution in [3.63, 3.8) is 0 Å². The number of halogens is 2. The number of nitrogens with one attached hydrogen (secondary N) is 2. The first-order valence-electron chi connectivity index (χ1n) is 6.87. The number of rotatable bonds is 3. The molecule has 8 heteroatoms. The lowest BCUT2D eigenvalue weighted by atomic mass is 10.2. The fourth-order valence-electron chi connectivity index (χ4n) is 2.10. The minimum absolute atomic E-state index is 0.0195. The third kappa shape index (κ3) is 3.50. The number of hydrogen-bond donors (Lipinski definition) is 2. The average Bonchev–Trinajstić information content (AvgIpc) is 2.90. The van der Waals surface area contributed by atoms with Gasteiger partial charge in [0.05, 0.1) is 10.6 Å². The van der Waals surface area contributed by atoms with Gasteiger partial charge in [-0.1, -0.05) is 23.2 Å². The molecule has 0 bridgehead atoms. The maximum atomic E-state index is 12.3. The summed E-state index contributed by atoms with van der Waals surface area (Å²) in [6.07, 6.45) is 0. The molecular formula is C16H11Cl2N3O3. The van der Waals surface area contributed by atoms with Crippen molar-refractivity contribution >= 4 is 57.8 Å². The third-order valence-corrected chi connectivity index (χ3v) is 3.67. The quantitative estimate of drug-likeness (QED) is 0.724. The molecule has 1 aromatic heterocycles. The van der Waals surface area contributed by atoms with Crippen molar-refractivity contribution < 1.29 is 14.0 Å². The van der Waals surface area contributed by atoms with E-state index in [4.69, 9.17) is 27.6 Å². The van der Waals surface area contributed by atoms with Gasteiger partial charge in [0.1, 0.15) is 5.52 Å². The van der Waals surface area contributed by atoms with Crippen molar-refractivity contribution in [3.05, 3.63) is 52.0 Å². The largest absolute Gasteiger partial charge is 0.423 e. The van der Waals surface area contributed by atoms with Crippen molar-refractivity contribution in [3.8, 4) is 0 Å². The van der Waals surface area contributed by atoms with Crippen LogP contribution in [0, 0.1) is 0 Å². The Balaban J connectivity index is 1.86. The highest BCUT2D eigenvalue weighted by molar-refractivity contribution is 6.36. The second-order valence-corrected chi connectivity index (χ2v) is 5.80. The summed E-state index contributed by atoms with van der Waals surface area (Å²) in [5.41, 5.74) is 1.75. The molecule has 0 unspecified atom stereocenters. The molecule has 0 saturated heterocycles. The van der Waals surface area contributed by atoms with Crippen molar-refractivity contribution in [2.45, 2.75) is 6.92 Å². The molecule has 0 aliphatic heterocycles. The van der Waals surface area contributed by atoms with Crippen molar-refractivity contribution in [2.24, 2.45) is 0 Å². The van der Waals surface area contributed by atoms with Crippen LogP contribution in [-0.4, -0.2) is 16.8 Å². The lowest BCUT2D eigenvalue weighted by Crippen LogP contribution is -2.12. The molecule has 24 heavy (non-hydrogen) atoms. The Hall–Kier alpha value is -2.57. The number of fused-ring (bicyclic) bond motifs is 1. The Bertz CT molecular complexity index is 953. The smallest absolute Gasteiger partial charge is 0.302 e. The molecule has 0 aliphatic rings. The maximum Gasteiger partial charge on any atom is 0.302 e. The Kier molecular flexibility index (Phi) is 4.42. The van der Waals surface area contributed by atoms with Crippen LogP contribution in [0.2, 0.25) is 10.0 Å². The van der Waals surface area contributed by atoms with E-state index in [1.54, 1.807) is 24.3 Å². The molecule has 1 heterocycles. The number of anilines is 2. The van der Waals surface area contributed by atoms with E-state index >= 15 is 0 Å². The number of carbonyl (C=O) groups excluding carboxylic acids is 2. The zero-order chi connectivity index (χ0) is 17.3. The fraction of sp³-hybridized carbons (Fsp3) is 0.0625. The van der Waals surface area contributed by atoms with Crippen LogP contribution >= 0.6 is 23.2 Å². The minimum atomic E-state index is -0.490. The van der Waals surface area contributed by atoms with E-state index in [1.165, 1.54) is 19.1 Å². The molecule has 3 rings (SSSR count). The molecular weight excluding hydrogens is 353 g/mol. The number of oxazole rings is 1. The van der Waals surface area contributed by atoms with E-state index in [1.807, 2.05) is 0 Å². The van der Waals surface area contributed by atoms with E-state index in [-0.39, 0.29) is 22.5 Å². The predicted molar refractivity (Wildman–Crippen MR) is 92.7 cm³/mol. The molecule has 2 N–H and O–H groups in total. The summed E-state index contributed by atoms with van der Waals surface area (Å²) in [5.74, 6) is -0.686. The second kappa shape index (κ2) is 6.51. The summed E-state index contributed by atoms with van der Waals surface area (Å²) >= 11 is 11.9. The zero-order valence-corrected chi connectivity index (χ0v) is 13.9. The van der Waals surface area contributed by atoms with E-state index in [0.717, 1.165) is 0 Å². The first-order valence-corrected chi connectivity index (χ1v) is 7.62. The van der Waals surface area contributed by atoms with Gasteiger partial charge < -0.3 is 9.73 Å². The maximum absolute atomic E-state index is 12.3. The van der Waals surface area contributed by atoms with Crippen molar-refractivity contribution in [1.82, 2.24) is 4.98 Å². The number of aromatic nitrogens is 1. The molecule has 0 atom stereocenters. The van der Waals surface area contributed by atoms with Crippen LogP contribution < -0.4 is 10.6 Å². The SMILES string of the molecule is CC(=O)Nc1ccc2nc(NC(=O)c3cc(Cl)ccc3Cl)oc2c1. The lowest BCUT2D eigenvalue weighted by Gasteiger charge is -2.03. The summed E-state index contributed by atoms with van der Waals surface area (Å²) in [6, 6.07) is 9.57. The molecule has 3 aromatic rings. The molecule has 0 fully saturated rings. The second-order valence-electron chi connectivity index (χ2n) is 4.96. The zero-order valence-electron chi connectivity index (χ0n) is 12.4. The van der Waals surface area contributed by atoms with Crippen molar-refractivity contribution in [2.75, 3.05) is 10.6 Å². The summed E-state index contributed by atoms with van der Waals surface area (Å²) in [6.45, 7) is 1.41. The normalized spacial score (nSPS) is 10.6. The number of carbonyl (C=O) groups is 2. The van der Waals surface area contributed by atoms with Gasteiger partial charge in [0.25, 0.3) is 5.91 Å². The number of amides is 2. The highest BCUT2D eigenvalue weighted by atomic mass is 35.5. The van der Waals surface area contributed by atoms with Gasteiger partial charge in [-0.2, -0.15) is 4.98 Å². The first-order chi connectivity index (χ1) is 11.4. The van der Waals surface area contributed by atoms with Crippen LogP contribution in [0.15, 0.2) is 40.8 Å². The monoisotopic (exact) mass is 363 g/mol. The molecule has 0 spiro atoms. The van der Waals surface area contributed by atoms with Gasteiger partial charge in [0.15, 0.2) is 5.58 Å². The molecule has 6 nitrogen and oxygen atoms in total. The van der Waals surface area contributed by atoms with Gasteiger partial charge in [-0.15, -0.1) is 0 Å². The predicted octanol–water partition coefficient (Wildman–Crippen LogP) is 4.35. The van der Waals surface area contributed by atoms with Crippen molar-refractivity contribution in [1.29, 1.82) is 0 Å². The average molecular weight is 364 g/mol. The van der Waals surface area contributed by atoms with Crippen LogP contribution in [0.3, 0.4) is 0 Å². The van der Waals surface area contributed by atoms with E-state index in [2.05, 4.69) is 15.6 Å². The Morgan fingerprint density at radius 2 is 1.88 bits per heavy atom. The van der Waals surface area contributed by atoms with Crippen LogP contribution in [0.1, 0.15) is 17.3 Å². The lowest BCUT2D eigenvalue weighted by molar-refractivity contribution is -0.114. The fourth-order valence-corrected chi connectivity index (χ4v) is 2.47. The highest BCUT2D eigenvalue weighted by Crippen LogP contribution is 2.25. The first kappa shape index (κ1) is 16.3. The van der Waals surface area contributed by atoms with Crippen LogP contribution in [0.5, 0.6) is 0 Å². The number of nitrogens with zero attached hydrogens (tertiary/aromatic N) is 1. The Morgan fingerprint density at radius 1 is 1.08 bits per heavy atom. The summed E-state index contributed by atoms with van der Waals surface area (Å²) in [4.78, 5) is 27.5. The Morgan fingerprint density at radius 3 is 2.62 bits per heavy atom. The van der Waals surface area contributed by atoms with Gasteiger partial charge in [-0.05, 0) is 30.3 Å². The molecule has 2 aromatic carbocycles. The topological polar surface area (TPSA) is 84.2 Å². The highest BCUT2D eigenvalue weighted by Gasteiger charge is 2.15. The summed E-state index contributed by atoms with van der Waals surface area (Å²) in [5, 5.41) is 5.82. The van der Waals surface area contributed by atoms with Crippen LogP contribution in [-0.2, 0) is 4.79 Å². The molecule has 0 aliphatic carbocycles. The van der Waals surface area contributed by atoms with E-state index < -0.39 is 5.91 Å². The van der Waals surface area contributed by atoms with Gasteiger partial charge in [0.2, 0.25) is 5.91 Å². The minimum Gasteiger partial charge on any atom is -0.423 e. The molecule has 0 radical (unpaired) electrons. The van der Waals surface area contributed by atoms with Gasteiger partial charge >= 0.3 is 6.01 Å². The number of benzene rings is 2. The standard InChI is InChI=1S/C16H11Cl2N3O3/c1-8(22)19-10-3-5-13-14(7-10)24-16(20-13)21-15(23)11-6-9(17)2-4-12(11)18/h2-7H,1H3,(H,19,22)(H,20,21,23). The number of hydrogen-bond acceptors (Lipinski definition) is 4. The van der Waals surface area contributed by atoms with Gasteiger partial charge in [-0.25, -0.2) is 0 Å². The Labute approximate surface area is 146 Å². The third-order valence-electron chi connectivity index (χ3n) is 3.10. The van der Waals surface area contributed by atoms with E-state index in [0.29, 0.717) is 21.8 Å². The molecule has 0 saturated carbocycles. The van der Waals surface area contributed by atoms with E-state index in [9.17, 15) is 9.59 Å². The summed E-state index contributed by atoms with van der Waals surface area (Å²) in [7, 11) is 0. The van der Waals surface area contributed by atoms with Gasteiger partial charge in [-0.3, -0.25) is 14.9 Å². The molecule has 2 amide bonds. The van der Waals surface area contributed by atoms with Crippen LogP contribution in [0.25, 0.3) is 11.1 Å². The van der Waals surface area contributed by atoms with Gasteiger partial charge in [0, 0.05) is 23.7 Å².